The topological polar surface area (TPSA) is 57.7 Å². The van der Waals surface area contributed by atoms with E-state index in [4.69, 9.17) is 0 Å². The van der Waals surface area contributed by atoms with E-state index in [2.05, 4.69) is 51.0 Å². The average Bonchev–Trinajstić information content (AvgIpc) is 2.94. The molecule has 1 aliphatic heterocycles. The Balaban J connectivity index is 1.52. The molecule has 3 aromatic rings. The van der Waals surface area contributed by atoms with Crippen molar-refractivity contribution in [2.75, 3.05) is 25.4 Å². The number of piperidine rings is 1. The predicted octanol–water partition coefficient (Wildman–Crippen LogP) is 3.70. The number of fused-ring (bicyclic) bond motifs is 3. The molecule has 24 heavy (non-hydrogen) atoms. The van der Waals surface area contributed by atoms with E-state index in [9.17, 15) is 0 Å². The van der Waals surface area contributed by atoms with Crippen LogP contribution in [0.5, 0.6) is 0 Å². The number of thioether (sulfide) groups is 1. The van der Waals surface area contributed by atoms with Crippen LogP contribution in [0.25, 0.3) is 22.1 Å². The molecule has 2 aromatic heterocycles. The molecule has 126 valence electrons. The summed E-state index contributed by atoms with van der Waals surface area (Å²) in [5, 5.41) is 10.7. The summed E-state index contributed by atoms with van der Waals surface area (Å²) in [7, 11) is 0. The fourth-order valence-corrected chi connectivity index (χ4v) is 4.31. The van der Waals surface area contributed by atoms with Gasteiger partial charge in [-0.15, -0.1) is 10.2 Å². The van der Waals surface area contributed by atoms with Gasteiger partial charge in [-0.1, -0.05) is 29.8 Å². The molecule has 1 saturated heterocycles. The van der Waals surface area contributed by atoms with Gasteiger partial charge in [-0.2, -0.15) is 0 Å². The van der Waals surface area contributed by atoms with Crippen LogP contribution in [0, 0.1) is 13.8 Å². The number of nitrogens with zero attached hydrogens (tertiary/aromatic N) is 4. The second-order valence-electron chi connectivity index (χ2n) is 6.67. The molecule has 0 bridgehead atoms. The van der Waals surface area contributed by atoms with Crippen molar-refractivity contribution in [3.05, 3.63) is 23.3 Å². The van der Waals surface area contributed by atoms with E-state index >= 15 is 0 Å². The van der Waals surface area contributed by atoms with Crippen molar-refractivity contribution >= 4 is 33.8 Å². The monoisotopic (exact) mass is 341 g/mol. The van der Waals surface area contributed by atoms with Crippen LogP contribution in [0.1, 0.15) is 30.4 Å². The summed E-state index contributed by atoms with van der Waals surface area (Å²) in [4.78, 5) is 10.6. The number of benzene rings is 1. The van der Waals surface area contributed by atoms with Crippen LogP contribution in [-0.2, 0) is 0 Å². The average molecular weight is 341 g/mol. The third kappa shape index (κ3) is 3.13. The first-order valence-electron chi connectivity index (χ1n) is 8.69. The number of H-pyrrole nitrogens is 1. The van der Waals surface area contributed by atoms with Crippen molar-refractivity contribution in [1.82, 2.24) is 25.1 Å². The van der Waals surface area contributed by atoms with E-state index in [1.165, 1.54) is 43.5 Å². The van der Waals surface area contributed by atoms with Crippen molar-refractivity contribution in [1.29, 1.82) is 0 Å². The van der Waals surface area contributed by atoms with Gasteiger partial charge < -0.3 is 9.88 Å². The van der Waals surface area contributed by atoms with Gasteiger partial charge in [-0.3, -0.25) is 0 Å². The molecule has 1 fully saturated rings. The maximum atomic E-state index is 4.68. The van der Waals surface area contributed by atoms with Crippen molar-refractivity contribution in [2.45, 2.75) is 38.3 Å². The molecule has 0 amide bonds. The van der Waals surface area contributed by atoms with Gasteiger partial charge in [-0.25, -0.2) is 4.98 Å². The summed E-state index contributed by atoms with van der Waals surface area (Å²) < 4.78 is 0. The van der Waals surface area contributed by atoms with E-state index in [0.717, 1.165) is 39.5 Å². The molecule has 0 radical (unpaired) electrons. The lowest BCUT2D eigenvalue weighted by Gasteiger charge is -2.25. The van der Waals surface area contributed by atoms with Crippen LogP contribution in [0.3, 0.4) is 0 Å². The largest absolute Gasteiger partial charge is 0.337 e. The molecule has 0 aliphatic carbocycles. The number of hydrogen-bond acceptors (Lipinski definition) is 5. The van der Waals surface area contributed by atoms with Crippen molar-refractivity contribution in [3.63, 3.8) is 0 Å². The van der Waals surface area contributed by atoms with Gasteiger partial charge in [0.1, 0.15) is 5.52 Å². The second kappa shape index (κ2) is 6.69. The van der Waals surface area contributed by atoms with E-state index < -0.39 is 0 Å². The summed E-state index contributed by atoms with van der Waals surface area (Å²) >= 11 is 1.70. The molecule has 1 aliphatic rings. The number of rotatable bonds is 4. The van der Waals surface area contributed by atoms with Crippen molar-refractivity contribution in [2.24, 2.45) is 0 Å². The third-order valence-electron chi connectivity index (χ3n) is 4.73. The maximum Gasteiger partial charge on any atom is 0.211 e. The number of aryl methyl sites for hydroxylation is 2. The Labute approximate surface area is 146 Å². The number of aromatic nitrogens is 4. The Kier molecular flexibility index (Phi) is 4.41. The van der Waals surface area contributed by atoms with E-state index in [0.29, 0.717) is 0 Å². The van der Waals surface area contributed by atoms with Crippen LogP contribution < -0.4 is 0 Å². The van der Waals surface area contributed by atoms with Crippen LogP contribution in [0.4, 0.5) is 0 Å². The quantitative estimate of drug-likeness (QED) is 0.733. The van der Waals surface area contributed by atoms with E-state index in [1.54, 1.807) is 11.8 Å². The number of hydrogen-bond donors (Lipinski definition) is 1. The lowest BCUT2D eigenvalue weighted by molar-refractivity contribution is 0.242. The van der Waals surface area contributed by atoms with Gasteiger partial charge in [0.2, 0.25) is 5.16 Å². The Bertz CT molecular complexity index is 867. The second-order valence-corrected chi connectivity index (χ2v) is 7.73. The highest BCUT2D eigenvalue weighted by molar-refractivity contribution is 7.99. The Hall–Kier alpha value is -1.66. The molecule has 6 heteroatoms. The molecule has 0 saturated carbocycles. The van der Waals surface area contributed by atoms with Gasteiger partial charge in [0.25, 0.3) is 0 Å². The SMILES string of the molecule is Cc1cc(C)c2[nH]c3nc(SCCN4CCCCC4)nnc3c2c1. The van der Waals surface area contributed by atoms with E-state index in [1.807, 2.05) is 0 Å². The molecule has 0 unspecified atom stereocenters. The van der Waals surface area contributed by atoms with Crippen LogP contribution >= 0.6 is 11.8 Å². The molecule has 1 aromatic carbocycles. The van der Waals surface area contributed by atoms with Gasteiger partial charge >= 0.3 is 0 Å². The number of aromatic amines is 1. The molecule has 3 heterocycles. The van der Waals surface area contributed by atoms with Crippen molar-refractivity contribution < 1.29 is 0 Å². The molecule has 0 atom stereocenters. The van der Waals surface area contributed by atoms with Crippen LogP contribution in [0.15, 0.2) is 17.3 Å². The zero-order chi connectivity index (χ0) is 16.5. The molecule has 0 spiro atoms. The summed E-state index contributed by atoms with van der Waals surface area (Å²) in [6.45, 7) is 7.80. The Morgan fingerprint density at radius 3 is 2.79 bits per heavy atom. The molecule has 4 rings (SSSR count). The number of nitrogens with one attached hydrogen (secondary N) is 1. The first kappa shape index (κ1) is 15.8. The lowest BCUT2D eigenvalue weighted by atomic mass is 10.1. The Morgan fingerprint density at radius 2 is 1.96 bits per heavy atom. The third-order valence-corrected chi connectivity index (χ3v) is 5.55. The number of likely N-dealkylation sites (tertiary alicyclic amines) is 1. The van der Waals surface area contributed by atoms with Gasteiger partial charge in [-0.05, 0) is 51.4 Å². The van der Waals surface area contributed by atoms with Crippen molar-refractivity contribution in [3.8, 4) is 0 Å². The molecular weight excluding hydrogens is 318 g/mol. The first-order valence-corrected chi connectivity index (χ1v) is 9.68. The fourth-order valence-electron chi connectivity index (χ4n) is 3.53. The Morgan fingerprint density at radius 1 is 1.12 bits per heavy atom. The highest BCUT2D eigenvalue weighted by Crippen LogP contribution is 2.27. The highest BCUT2D eigenvalue weighted by atomic mass is 32.2. The summed E-state index contributed by atoms with van der Waals surface area (Å²) in [5.74, 6) is 1.02. The zero-order valence-electron chi connectivity index (χ0n) is 14.3. The van der Waals surface area contributed by atoms with Gasteiger partial charge in [0.05, 0.1) is 5.52 Å². The molecular formula is C18H23N5S. The van der Waals surface area contributed by atoms with E-state index in [-0.39, 0.29) is 0 Å². The van der Waals surface area contributed by atoms with Crippen LogP contribution in [-0.4, -0.2) is 50.5 Å². The minimum Gasteiger partial charge on any atom is -0.337 e. The van der Waals surface area contributed by atoms with Gasteiger partial charge in [0.15, 0.2) is 5.65 Å². The molecule has 5 nitrogen and oxygen atoms in total. The minimum absolute atomic E-state index is 0.764. The normalized spacial score (nSPS) is 16.2. The zero-order valence-corrected chi connectivity index (χ0v) is 15.1. The first-order chi connectivity index (χ1) is 11.7. The summed E-state index contributed by atoms with van der Waals surface area (Å²) in [6, 6.07) is 4.33. The molecule has 1 N–H and O–H groups in total. The minimum atomic E-state index is 0.764. The predicted molar refractivity (Wildman–Crippen MR) is 99.7 cm³/mol. The van der Waals surface area contributed by atoms with Gasteiger partial charge in [0, 0.05) is 17.7 Å². The smallest absolute Gasteiger partial charge is 0.211 e. The maximum absolute atomic E-state index is 4.68. The summed E-state index contributed by atoms with van der Waals surface area (Å²) in [6.07, 6.45) is 4.05. The summed E-state index contributed by atoms with van der Waals surface area (Å²) in [5.41, 5.74) is 5.30. The fraction of sp³-hybridized carbons (Fsp3) is 0.500. The standard InChI is InChI=1S/C18H23N5S/c1-12-10-13(2)15-14(11-12)16-17(19-15)20-18(22-21-16)24-9-8-23-6-4-3-5-7-23/h10-11H,3-9H2,1-2H3,(H,19,20,22). The van der Waals surface area contributed by atoms with Crippen LogP contribution in [0.2, 0.25) is 0 Å². The highest BCUT2D eigenvalue weighted by Gasteiger charge is 2.13. The lowest BCUT2D eigenvalue weighted by Crippen LogP contribution is -2.31.